The number of ether oxygens (including phenoxy) is 1. The van der Waals surface area contributed by atoms with E-state index in [9.17, 15) is 4.79 Å². The molecule has 0 unspecified atom stereocenters. The topological polar surface area (TPSA) is 31.2 Å². The molecule has 3 heteroatoms. The van der Waals surface area contributed by atoms with Crippen LogP contribution in [0.25, 0.3) is 10.9 Å². The molecule has 106 valence electrons. The Morgan fingerprint density at radius 1 is 1.05 bits per heavy atom. The minimum Gasteiger partial charge on any atom is -0.449 e. The number of rotatable bonds is 3. The van der Waals surface area contributed by atoms with Gasteiger partial charge in [0.15, 0.2) is 0 Å². The molecule has 0 saturated heterocycles. The molecule has 2 aromatic carbocycles. The van der Waals surface area contributed by atoms with Crippen LogP contribution >= 0.6 is 0 Å². The van der Waals surface area contributed by atoms with Crippen LogP contribution in [0.2, 0.25) is 0 Å². The molecule has 0 N–H and O–H groups in total. The average Bonchev–Trinajstić information content (AvgIpc) is 2.88. The molecule has 0 spiro atoms. The van der Waals surface area contributed by atoms with Gasteiger partial charge in [0, 0.05) is 11.6 Å². The monoisotopic (exact) mass is 279 g/mol. The Morgan fingerprint density at radius 2 is 1.76 bits per heavy atom. The molecule has 0 bridgehead atoms. The molecule has 3 rings (SSSR count). The van der Waals surface area contributed by atoms with Gasteiger partial charge in [0.1, 0.15) is 0 Å². The van der Waals surface area contributed by atoms with Gasteiger partial charge < -0.3 is 4.74 Å². The van der Waals surface area contributed by atoms with Crippen LogP contribution in [0.1, 0.15) is 18.1 Å². The maximum absolute atomic E-state index is 12.1. The highest BCUT2D eigenvalue weighted by molar-refractivity contribution is 5.92. The summed E-state index contributed by atoms with van der Waals surface area (Å²) in [4.78, 5) is 12.1. The zero-order chi connectivity index (χ0) is 14.7. The molecule has 0 aliphatic heterocycles. The predicted octanol–water partition coefficient (Wildman–Crippen LogP) is 4.24. The third-order valence-corrected chi connectivity index (χ3v) is 3.50. The summed E-state index contributed by atoms with van der Waals surface area (Å²) in [6.45, 7) is 2.19. The summed E-state index contributed by atoms with van der Waals surface area (Å²) in [5.41, 5.74) is 3.25. The molecule has 3 aromatic rings. The number of carbonyl (C=O) groups excluding carboxylic acids is 1. The summed E-state index contributed by atoms with van der Waals surface area (Å²) in [6.07, 6.45) is 2.36. The fraction of sp³-hybridized carbons (Fsp3) is 0.167. The largest absolute Gasteiger partial charge is 0.449 e. The van der Waals surface area contributed by atoms with E-state index in [1.807, 2.05) is 55.6 Å². The van der Waals surface area contributed by atoms with Crippen LogP contribution in [-0.4, -0.2) is 17.3 Å². The van der Waals surface area contributed by atoms with Crippen molar-refractivity contribution in [3.05, 3.63) is 71.9 Å². The maximum atomic E-state index is 12.1. The van der Waals surface area contributed by atoms with E-state index in [4.69, 9.17) is 4.74 Å². The number of para-hydroxylation sites is 1. The molecule has 0 atom stereocenters. The third-order valence-electron chi connectivity index (χ3n) is 3.50. The normalized spacial score (nSPS) is 10.7. The Bertz CT molecular complexity index is 759. The lowest BCUT2D eigenvalue weighted by Gasteiger charge is -2.03. The summed E-state index contributed by atoms with van der Waals surface area (Å²) < 4.78 is 6.72. The Balaban J connectivity index is 2.05. The zero-order valence-corrected chi connectivity index (χ0v) is 12.0. The Hall–Kier alpha value is -2.55. The summed E-state index contributed by atoms with van der Waals surface area (Å²) >= 11 is 0. The molecular weight excluding hydrogens is 262 g/mol. The van der Waals surface area contributed by atoms with Crippen LogP contribution in [0.4, 0.5) is 4.79 Å². The second-order valence-corrected chi connectivity index (χ2v) is 4.90. The first-order chi connectivity index (χ1) is 10.3. The summed E-state index contributed by atoms with van der Waals surface area (Å²) in [7, 11) is 0. The molecule has 21 heavy (non-hydrogen) atoms. The van der Waals surface area contributed by atoms with E-state index in [1.54, 1.807) is 4.57 Å². The summed E-state index contributed by atoms with van der Waals surface area (Å²) in [5, 5.41) is 1.09. The first kappa shape index (κ1) is 13.4. The van der Waals surface area contributed by atoms with E-state index >= 15 is 0 Å². The smallest absolute Gasteiger partial charge is 0.418 e. The van der Waals surface area contributed by atoms with Gasteiger partial charge in [0.05, 0.1) is 12.1 Å². The second kappa shape index (κ2) is 5.83. The lowest BCUT2D eigenvalue weighted by Crippen LogP contribution is -2.12. The van der Waals surface area contributed by atoms with Gasteiger partial charge >= 0.3 is 6.09 Å². The number of nitrogens with zero attached hydrogens (tertiary/aromatic N) is 1. The van der Waals surface area contributed by atoms with Crippen molar-refractivity contribution in [3.8, 4) is 0 Å². The van der Waals surface area contributed by atoms with Crippen molar-refractivity contribution in [1.82, 2.24) is 4.57 Å². The van der Waals surface area contributed by atoms with E-state index in [1.165, 1.54) is 5.56 Å². The van der Waals surface area contributed by atoms with Gasteiger partial charge in [-0.3, -0.25) is 4.57 Å². The highest BCUT2D eigenvalue weighted by Gasteiger charge is 2.14. The van der Waals surface area contributed by atoms with Crippen LogP contribution < -0.4 is 0 Å². The highest BCUT2D eigenvalue weighted by atomic mass is 16.5. The predicted molar refractivity (Wildman–Crippen MR) is 83.6 cm³/mol. The van der Waals surface area contributed by atoms with E-state index in [0.29, 0.717) is 6.61 Å². The highest BCUT2D eigenvalue weighted by Crippen LogP contribution is 2.24. The minimum atomic E-state index is -0.326. The zero-order valence-electron chi connectivity index (χ0n) is 12.0. The quantitative estimate of drug-likeness (QED) is 0.718. The number of benzene rings is 2. The molecule has 1 aromatic heterocycles. The van der Waals surface area contributed by atoms with Gasteiger partial charge in [0.25, 0.3) is 0 Å². The molecule has 0 saturated carbocycles. The van der Waals surface area contributed by atoms with Gasteiger partial charge in [-0.1, -0.05) is 48.5 Å². The lowest BCUT2D eigenvalue weighted by molar-refractivity contribution is 0.155. The molecule has 1 heterocycles. The van der Waals surface area contributed by atoms with Crippen molar-refractivity contribution >= 4 is 17.0 Å². The maximum Gasteiger partial charge on any atom is 0.418 e. The van der Waals surface area contributed by atoms with Crippen LogP contribution in [0, 0.1) is 0 Å². The Kier molecular flexibility index (Phi) is 3.73. The van der Waals surface area contributed by atoms with E-state index < -0.39 is 0 Å². The standard InChI is InChI=1S/C18H17NO2/c1-2-21-18(20)19-13-15(12-14-8-4-3-5-9-14)16-10-6-7-11-17(16)19/h3-11,13H,2,12H2,1H3. The number of fused-ring (bicyclic) bond motifs is 1. The number of carbonyl (C=O) groups is 1. The van der Waals surface area contributed by atoms with Crippen molar-refractivity contribution in [3.63, 3.8) is 0 Å². The fourth-order valence-corrected chi connectivity index (χ4v) is 2.55. The molecule has 0 fully saturated rings. The van der Waals surface area contributed by atoms with Crippen molar-refractivity contribution in [2.75, 3.05) is 6.61 Å². The van der Waals surface area contributed by atoms with Gasteiger partial charge in [-0.2, -0.15) is 0 Å². The van der Waals surface area contributed by atoms with Crippen molar-refractivity contribution in [2.45, 2.75) is 13.3 Å². The molecule has 3 nitrogen and oxygen atoms in total. The van der Waals surface area contributed by atoms with Crippen molar-refractivity contribution in [1.29, 1.82) is 0 Å². The van der Waals surface area contributed by atoms with E-state index in [-0.39, 0.29) is 6.09 Å². The molecule has 0 amide bonds. The summed E-state index contributed by atoms with van der Waals surface area (Å²) in [6, 6.07) is 18.2. The molecule has 0 aliphatic carbocycles. The second-order valence-electron chi connectivity index (χ2n) is 4.90. The lowest BCUT2D eigenvalue weighted by atomic mass is 10.0. The molecular formula is C18H17NO2. The fourth-order valence-electron chi connectivity index (χ4n) is 2.55. The van der Waals surface area contributed by atoms with Crippen LogP contribution in [-0.2, 0) is 11.2 Å². The van der Waals surface area contributed by atoms with Gasteiger partial charge in [-0.25, -0.2) is 4.79 Å². The van der Waals surface area contributed by atoms with E-state index in [0.717, 1.165) is 22.9 Å². The molecule has 0 aliphatic rings. The minimum absolute atomic E-state index is 0.326. The van der Waals surface area contributed by atoms with Gasteiger partial charge in [0.2, 0.25) is 0 Å². The number of hydrogen-bond acceptors (Lipinski definition) is 2. The third kappa shape index (κ3) is 2.68. The Morgan fingerprint density at radius 3 is 2.52 bits per heavy atom. The van der Waals surface area contributed by atoms with E-state index in [2.05, 4.69) is 12.1 Å². The van der Waals surface area contributed by atoms with Crippen molar-refractivity contribution < 1.29 is 9.53 Å². The SMILES string of the molecule is CCOC(=O)n1cc(Cc2ccccc2)c2ccccc21. The van der Waals surface area contributed by atoms with Crippen LogP contribution in [0.5, 0.6) is 0 Å². The number of hydrogen-bond donors (Lipinski definition) is 0. The average molecular weight is 279 g/mol. The first-order valence-electron chi connectivity index (χ1n) is 7.09. The van der Waals surface area contributed by atoms with Crippen molar-refractivity contribution in [2.24, 2.45) is 0 Å². The molecule has 0 radical (unpaired) electrons. The van der Waals surface area contributed by atoms with Gasteiger partial charge in [-0.15, -0.1) is 0 Å². The Labute approximate surface area is 123 Å². The summed E-state index contributed by atoms with van der Waals surface area (Å²) in [5.74, 6) is 0. The number of aromatic nitrogens is 1. The van der Waals surface area contributed by atoms with Crippen LogP contribution in [0.3, 0.4) is 0 Å². The van der Waals surface area contributed by atoms with Gasteiger partial charge in [-0.05, 0) is 30.5 Å². The first-order valence-corrected chi connectivity index (χ1v) is 7.09. The van der Waals surface area contributed by atoms with Crippen LogP contribution in [0.15, 0.2) is 60.8 Å².